The Morgan fingerprint density at radius 1 is 1.03 bits per heavy atom. The summed E-state index contributed by atoms with van der Waals surface area (Å²) in [7, 11) is 1.63. The number of benzene rings is 3. The van der Waals surface area contributed by atoms with Crippen LogP contribution in [0.2, 0.25) is 0 Å². The molecule has 1 aliphatic heterocycles. The number of rotatable bonds is 5. The van der Waals surface area contributed by atoms with E-state index in [1.165, 1.54) is 0 Å². The SMILES string of the molecule is COc1ccc(C(=O)N2CCCC(C(=O)Nc3ccc(SC)cc3)C2)c2ccccc12. The van der Waals surface area contributed by atoms with Crippen molar-refractivity contribution in [2.75, 3.05) is 31.8 Å². The molecule has 1 unspecified atom stereocenters. The largest absolute Gasteiger partial charge is 0.496 e. The summed E-state index contributed by atoms with van der Waals surface area (Å²) in [6, 6.07) is 19.2. The molecule has 0 radical (unpaired) electrons. The molecule has 31 heavy (non-hydrogen) atoms. The monoisotopic (exact) mass is 434 g/mol. The Balaban J connectivity index is 1.50. The number of nitrogens with zero attached hydrogens (tertiary/aromatic N) is 1. The highest BCUT2D eigenvalue weighted by Crippen LogP contribution is 2.30. The van der Waals surface area contributed by atoms with E-state index in [2.05, 4.69) is 5.32 Å². The molecule has 0 spiro atoms. The zero-order valence-electron chi connectivity index (χ0n) is 17.8. The van der Waals surface area contributed by atoms with Crippen molar-refractivity contribution in [3.63, 3.8) is 0 Å². The number of methoxy groups -OCH3 is 1. The molecule has 5 nitrogen and oxygen atoms in total. The lowest BCUT2D eigenvalue weighted by atomic mass is 9.95. The molecule has 1 N–H and O–H groups in total. The Labute approximate surface area is 186 Å². The lowest BCUT2D eigenvalue weighted by Gasteiger charge is -2.32. The van der Waals surface area contributed by atoms with Crippen LogP contribution in [0.4, 0.5) is 5.69 Å². The van der Waals surface area contributed by atoms with E-state index in [1.807, 2.05) is 66.9 Å². The average Bonchev–Trinajstić information content (AvgIpc) is 2.83. The van der Waals surface area contributed by atoms with E-state index in [-0.39, 0.29) is 17.7 Å². The van der Waals surface area contributed by atoms with Gasteiger partial charge in [0.1, 0.15) is 5.75 Å². The molecule has 1 aliphatic rings. The predicted molar refractivity (Wildman–Crippen MR) is 126 cm³/mol. The van der Waals surface area contributed by atoms with Crippen LogP contribution in [-0.4, -0.2) is 43.2 Å². The van der Waals surface area contributed by atoms with Gasteiger partial charge >= 0.3 is 0 Å². The first kappa shape index (κ1) is 21.2. The number of carbonyl (C=O) groups is 2. The van der Waals surface area contributed by atoms with Crippen molar-refractivity contribution in [3.8, 4) is 5.75 Å². The maximum atomic E-state index is 13.4. The first-order chi connectivity index (χ1) is 15.1. The van der Waals surface area contributed by atoms with Crippen molar-refractivity contribution < 1.29 is 14.3 Å². The van der Waals surface area contributed by atoms with Gasteiger partial charge in [-0.2, -0.15) is 0 Å². The Bertz CT molecular complexity index is 1100. The number of carbonyl (C=O) groups excluding carboxylic acids is 2. The van der Waals surface area contributed by atoms with Crippen LogP contribution in [0.1, 0.15) is 23.2 Å². The minimum absolute atomic E-state index is 0.0333. The first-order valence-corrected chi connectivity index (χ1v) is 11.6. The summed E-state index contributed by atoms with van der Waals surface area (Å²) in [6.07, 6.45) is 3.61. The third kappa shape index (κ3) is 4.54. The highest BCUT2D eigenvalue weighted by Gasteiger charge is 2.29. The Kier molecular flexibility index (Phi) is 6.47. The summed E-state index contributed by atoms with van der Waals surface area (Å²) in [5, 5.41) is 4.78. The van der Waals surface area contributed by atoms with E-state index < -0.39 is 0 Å². The molecule has 1 fully saturated rings. The molecule has 0 aromatic heterocycles. The number of ether oxygens (including phenoxy) is 1. The van der Waals surface area contributed by atoms with Crippen molar-refractivity contribution >= 4 is 40.0 Å². The number of likely N-dealkylation sites (tertiary alicyclic amines) is 1. The molecular weight excluding hydrogens is 408 g/mol. The maximum Gasteiger partial charge on any atom is 0.254 e. The van der Waals surface area contributed by atoms with Crippen LogP contribution in [0, 0.1) is 5.92 Å². The summed E-state index contributed by atoms with van der Waals surface area (Å²) in [6.45, 7) is 1.08. The molecule has 6 heteroatoms. The van der Waals surface area contributed by atoms with Gasteiger partial charge in [0, 0.05) is 34.6 Å². The van der Waals surface area contributed by atoms with Gasteiger partial charge in [-0.25, -0.2) is 0 Å². The van der Waals surface area contributed by atoms with Gasteiger partial charge < -0.3 is 15.0 Å². The molecule has 3 aromatic carbocycles. The number of thioether (sulfide) groups is 1. The van der Waals surface area contributed by atoms with Gasteiger partial charge in [-0.05, 0) is 60.9 Å². The molecule has 3 aromatic rings. The van der Waals surface area contributed by atoms with Crippen LogP contribution in [0.5, 0.6) is 5.75 Å². The molecule has 0 aliphatic carbocycles. The van der Waals surface area contributed by atoms with Crippen LogP contribution in [0.3, 0.4) is 0 Å². The highest BCUT2D eigenvalue weighted by atomic mass is 32.2. The van der Waals surface area contributed by atoms with Crippen molar-refractivity contribution in [1.82, 2.24) is 4.90 Å². The van der Waals surface area contributed by atoms with Gasteiger partial charge in [0.25, 0.3) is 5.91 Å². The van der Waals surface area contributed by atoms with Gasteiger partial charge in [-0.1, -0.05) is 24.3 Å². The second kappa shape index (κ2) is 9.43. The van der Waals surface area contributed by atoms with Crippen molar-refractivity contribution in [2.45, 2.75) is 17.7 Å². The minimum atomic E-state index is -0.220. The zero-order valence-corrected chi connectivity index (χ0v) is 18.6. The fourth-order valence-corrected chi connectivity index (χ4v) is 4.51. The maximum absolute atomic E-state index is 13.4. The van der Waals surface area contributed by atoms with E-state index in [0.29, 0.717) is 18.7 Å². The zero-order chi connectivity index (χ0) is 21.8. The summed E-state index contributed by atoms with van der Waals surface area (Å²) < 4.78 is 5.45. The molecule has 4 rings (SSSR count). The fraction of sp³-hybridized carbons (Fsp3) is 0.280. The van der Waals surface area contributed by atoms with Crippen LogP contribution in [0.25, 0.3) is 10.8 Å². The Hall–Kier alpha value is -2.99. The topological polar surface area (TPSA) is 58.6 Å². The van der Waals surface area contributed by atoms with E-state index in [0.717, 1.165) is 39.9 Å². The van der Waals surface area contributed by atoms with Gasteiger partial charge in [-0.3, -0.25) is 9.59 Å². The quantitative estimate of drug-likeness (QED) is 0.570. The van der Waals surface area contributed by atoms with Crippen LogP contribution in [-0.2, 0) is 4.79 Å². The second-order valence-electron chi connectivity index (χ2n) is 7.67. The lowest BCUT2D eigenvalue weighted by Crippen LogP contribution is -2.43. The standard InChI is InChI=1S/C25H26N2O3S/c1-30-23-14-13-22(20-7-3-4-8-21(20)23)25(29)27-15-5-6-17(16-27)24(28)26-18-9-11-19(31-2)12-10-18/h3-4,7-14,17H,5-6,15-16H2,1-2H3,(H,26,28). The van der Waals surface area contributed by atoms with E-state index in [4.69, 9.17) is 4.74 Å². The third-order valence-electron chi connectivity index (χ3n) is 5.77. The summed E-state index contributed by atoms with van der Waals surface area (Å²) >= 11 is 1.66. The number of fused-ring (bicyclic) bond motifs is 1. The minimum Gasteiger partial charge on any atom is -0.496 e. The normalized spacial score (nSPS) is 16.2. The molecule has 0 bridgehead atoms. The van der Waals surface area contributed by atoms with E-state index in [9.17, 15) is 9.59 Å². The van der Waals surface area contributed by atoms with Crippen LogP contribution in [0.15, 0.2) is 65.6 Å². The number of nitrogens with one attached hydrogen (secondary N) is 1. The van der Waals surface area contributed by atoms with Gasteiger partial charge in [0.2, 0.25) is 5.91 Å². The van der Waals surface area contributed by atoms with Crippen molar-refractivity contribution in [2.24, 2.45) is 5.92 Å². The molecule has 1 saturated heterocycles. The second-order valence-corrected chi connectivity index (χ2v) is 8.55. The molecule has 0 saturated carbocycles. The highest BCUT2D eigenvalue weighted by molar-refractivity contribution is 7.98. The Morgan fingerprint density at radius 3 is 2.48 bits per heavy atom. The number of piperidine rings is 1. The number of hydrogen-bond donors (Lipinski definition) is 1. The van der Waals surface area contributed by atoms with E-state index >= 15 is 0 Å². The van der Waals surface area contributed by atoms with Crippen LogP contribution >= 0.6 is 11.8 Å². The first-order valence-electron chi connectivity index (χ1n) is 10.4. The molecule has 160 valence electrons. The lowest BCUT2D eigenvalue weighted by molar-refractivity contribution is -0.121. The van der Waals surface area contributed by atoms with Crippen molar-refractivity contribution in [3.05, 3.63) is 66.2 Å². The summed E-state index contributed by atoms with van der Waals surface area (Å²) in [5.74, 6) is 0.452. The molecule has 2 amide bonds. The molecule has 1 atom stereocenters. The van der Waals surface area contributed by atoms with E-state index in [1.54, 1.807) is 23.8 Å². The molecular formula is C25H26N2O3S. The van der Waals surface area contributed by atoms with Crippen LogP contribution < -0.4 is 10.1 Å². The van der Waals surface area contributed by atoms with Crippen molar-refractivity contribution in [1.29, 1.82) is 0 Å². The average molecular weight is 435 g/mol. The summed E-state index contributed by atoms with van der Waals surface area (Å²) in [4.78, 5) is 29.2. The smallest absolute Gasteiger partial charge is 0.254 e. The van der Waals surface area contributed by atoms with Gasteiger partial charge in [0.05, 0.1) is 13.0 Å². The molecule has 1 heterocycles. The number of amides is 2. The summed E-state index contributed by atoms with van der Waals surface area (Å²) in [5.41, 5.74) is 1.43. The van der Waals surface area contributed by atoms with Gasteiger partial charge in [0.15, 0.2) is 0 Å². The Morgan fingerprint density at radius 2 is 1.77 bits per heavy atom. The predicted octanol–water partition coefficient (Wildman–Crippen LogP) is 5.06. The fourth-order valence-electron chi connectivity index (χ4n) is 4.10. The van der Waals surface area contributed by atoms with Gasteiger partial charge in [-0.15, -0.1) is 11.8 Å². The number of anilines is 1. The third-order valence-corrected chi connectivity index (χ3v) is 6.51. The number of hydrogen-bond acceptors (Lipinski definition) is 4.